The van der Waals surface area contributed by atoms with Gasteiger partial charge in [0.2, 0.25) is 0 Å². The van der Waals surface area contributed by atoms with E-state index < -0.39 is 5.92 Å². The third kappa shape index (κ3) is 3.98. The molecule has 0 aromatic heterocycles. The second-order valence-corrected chi connectivity index (χ2v) is 6.37. The SMILES string of the molecule is CC(c1ccc(O)c(O)c1)c1c(O)cc(/C=C/c2ccc(O)cc2)cc1O. The summed E-state index contributed by atoms with van der Waals surface area (Å²) in [6.07, 6.45) is 3.54. The predicted octanol–water partition coefficient (Wildman–Crippen LogP) is 4.54. The summed E-state index contributed by atoms with van der Waals surface area (Å²) in [4.78, 5) is 0. The van der Waals surface area contributed by atoms with Crippen molar-refractivity contribution in [3.8, 4) is 28.7 Å². The third-order valence-corrected chi connectivity index (χ3v) is 4.45. The van der Waals surface area contributed by atoms with Gasteiger partial charge < -0.3 is 25.5 Å². The lowest BCUT2D eigenvalue weighted by Gasteiger charge is -2.17. The zero-order valence-electron chi connectivity index (χ0n) is 14.7. The molecule has 0 radical (unpaired) electrons. The van der Waals surface area contributed by atoms with E-state index in [1.165, 1.54) is 12.1 Å². The lowest BCUT2D eigenvalue weighted by atomic mass is 9.90. The molecule has 0 amide bonds. The van der Waals surface area contributed by atoms with E-state index in [1.807, 2.05) is 0 Å². The number of phenolic OH excluding ortho intramolecular Hbond substituents is 5. The summed E-state index contributed by atoms with van der Waals surface area (Å²) in [5.41, 5.74) is 2.46. The first-order valence-corrected chi connectivity index (χ1v) is 8.40. The van der Waals surface area contributed by atoms with Crippen LogP contribution in [0.1, 0.15) is 35.1 Å². The highest BCUT2D eigenvalue weighted by atomic mass is 16.3. The maximum absolute atomic E-state index is 10.4. The van der Waals surface area contributed by atoms with Crippen molar-refractivity contribution in [1.82, 2.24) is 0 Å². The van der Waals surface area contributed by atoms with Gasteiger partial charge in [0, 0.05) is 11.5 Å². The standard InChI is InChI=1S/C22H20O5/c1-13(16-6-9-18(24)19(25)12-16)22-20(26)10-15(11-21(22)27)3-2-14-4-7-17(23)8-5-14/h2-13,23-27H,1H3/b3-2+. The van der Waals surface area contributed by atoms with Crippen molar-refractivity contribution in [2.75, 3.05) is 0 Å². The predicted molar refractivity (Wildman–Crippen MR) is 104 cm³/mol. The molecule has 0 bridgehead atoms. The minimum atomic E-state index is -0.397. The molecule has 3 rings (SSSR count). The van der Waals surface area contributed by atoms with E-state index >= 15 is 0 Å². The summed E-state index contributed by atoms with van der Waals surface area (Å²) < 4.78 is 0. The van der Waals surface area contributed by atoms with E-state index in [1.54, 1.807) is 61.5 Å². The number of rotatable bonds is 4. The van der Waals surface area contributed by atoms with Gasteiger partial charge >= 0.3 is 0 Å². The maximum Gasteiger partial charge on any atom is 0.157 e. The van der Waals surface area contributed by atoms with Crippen LogP contribution in [-0.2, 0) is 0 Å². The van der Waals surface area contributed by atoms with Gasteiger partial charge in [0.05, 0.1) is 0 Å². The summed E-state index contributed by atoms with van der Waals surface area (Å²) >= 11 is 0. The number of phenols is 5. The molecule has 5 heteroatoms. The molecule has 5 nitrogen and oxygen atoms in total. The molecule has 27 heavy (non-hydrogen) atoms. The van der Waals surface area contributed by atoms with Crippen molar-refractivity contribution in [2.24, 2.45) is 0 Å². The highest BCUT2D eigenvalue weighted by molar-refractivity contribution is 5.72. The van der Waals surface area contributed by atoms with Crippen LogP contribution < -0.4 is 0 Å². The first kappa shape index (κ1) is 18.2. The van der Waals surface area contributed by atoms with Crippen LogP contribution in [0, 0.1) is 0 Å². The third-order valence-electron chi connectivity index (χ3n) is 4.45. The van der Waals surface area contributed by atoms with Crippen molar-refractivity contribution >= 4 is 12.2 Å². The fourth-order valence-corrected chi connectivity index (χ4v) is 2.94. The average molecular weight is 364 g/mol. The molecule has 0 fully saturated rings. The first-order chi connectivity index (χ1) is 12.8. The van der Waals surface area contributed by atoms with Gasteiger partial charge in [0.15, 0.2) is 11.5 Å². The molecular weight excluding hydrogens is 344 g/mol. The smallest absolute Gasteiger partial charge is 0.157 e. The zero-order valence-corrected chi connectivity index (χ0v) is 14.7. The van der Waals surface area contributed by atoms with Crippen LogP contribution in [0.4, 0.5) is 0 Å². The lowest BCUT2D eigenvalue weighted by molar-refractivity contribution is 0.402. The Morgan fingerprint density at radius 2 is 1.22 bits per heavy atom. The maximum atomic E-state index is 10.4. The van der Waals surface area contributed by atoms with Gasteiger partial charge in [0.1, 0.15) is 17.2 Å². The van der Waals surface area contributed by atoms with Gasteiger partial charge in [-0.25, -0.2) is 0 Å². The number of hydrogen-bond acceptors (Lipinski definition) is 5. The van der Waals surface area contributed by atoms with Crippen LogP contribution in [-0.4, -0.2) is 25.5 Å². The van der Waals surface area contributed by atoms with E-state index in [0.717, 1.165) is 5.56 Å². The molecule has 0 heterocycles. The zero-order chi connectivity index (χ0) is 19.6. The Morgan fingerprint density at radius 3 is 1.81 bits per heavy atom. The Hall–Kier alpha value is -3.60. The topological polar surface area (TPSA) is 101 Å². The Labute approximate surface area is 156 Å². The van der Waals surface area contributed by atoms with Crippen molar-refractivity contribution in [2.45, 2.75) is 12.8 Å². The number of aromatic hydroxyl groups is 5. The summed E-state index contributed by atoms with van der Waals surface area (Å²) in [6, 6.07) is 14.1. The van der Waals surface area contributed by atoms with Crippen molar-refractivity contribution in [1.29, 1.82) is 0 Å². The molecule has 138 valence electrons. The molecule has 0 aliphatic carbocycles. The van der Waals surface area contributed by atoms with Gasteiger partial charge in [-0.1, -0.05) is 37.3 Å². The molecule has 3 aromatic rings. The summed E-state index contributed by atoms with van der Waals surface area (Å²) in [6.45, 7) is 1.78. The normalized spacial score (nSPS) is 12.3. The van der Waals surface area contributed by atoms with Crippen LogP contribution in [0.2, 0.25) is 0 Å². The monoisotopic (exact) mass is 364 g/mol. The van der Waals surface area contributed by atoms with E-state index in [9.17, 15) is 25.5 Å². The highest BCUT2D eigenvalue weighted by Gasteiger charge is 2.19. The Morgan fingerprint density at radius 1 is 0.630 bits per heavy atom. The van der Waals surface area contributed by atoms with Crippen LogP contribution in [0.25, 0.3) is 12.2 Å². The van der Waals surface area contributed by atoms with E-state index in [0.29, 0.717) is 16.7 Å². The fraction of sp³-hybridized carbons (Fsp3) is 0.0909. The molecule has 1 atom stereocenters. The molecule has 5 N–H and O–H groups in total. The molecular formula is C22H20O5. The molecule has 0 aliphatic heterocycles. The molecule has 1 unspecified atom stereocenters. The largest absolute Gasteiger partial charge is 0.508 e. The summed E-state index contributed by atoms with van der Waals surface area (Å²) in [7, 11) is 0. The van der Waals surface area contributed by atoms with Crippen LogP contribution in [0.15, 0.2) is 54.6 Å². The Kier molecular flexibility index (Phi) is 4.94. The summed E-state index contributed by atoms with van der Waals surface area (Å²) in [5.74, 6) is -0.839. The van der Waals surface area contributed by atoms with E-state index in [4.69, 9.17) is 0 Å². The van der Waals surface area contributed by atoms with Gasteiger partial charge in [0.25, 0.3) is 0 Å². The second kappa shape index (κ2) is 7.33. The van der Waals surface area contributed by atoms with E-state index in [2.05, 4.69) is 0 Å². The molecule has 0 saturated carbocycles. The molecule has 0 spiro atoms. The van der Waals surface area contributed by atoms with Gasteiger partial charge in [-0.2, -0.15) is 0 Å². The van der Waals surface area contributed by atoms with Gasteiger partial charge in [-0.05, 0) is 53.1 Å². The average Bonchev–Trinajstić information content (AvgIpc) is 2.63. The quantitative estimate of drug-likeness (QED) is 0.346. The minimum Gasteiger partial charge on any atom is -0.508 e. The lowest BCUT2D eigenvalue weighted by Crippen LogP contribution is -1.98. The number of benzene rings is 3. The second-order valence-electron chi connectivity index (χ2n) is 6.37. The Balaban J connectivity index is 1.90. The molecule has 0 saturated heterocycles. The first-order valence-electron chi connectivity index (χ1n) is 8.40. The van der Waals surface area contributed by atoms with Crippen LogP contribution >= 0.6 is 0 Å². The van der Waals surface area contributed by atoms with E-state index in [-0.39, 0.29) is 28.7 Å². The van der Waals surface area contributed by atoms with Crippen LogP contribution in [0.5, 0.6) is 28.7 Å². The number of hydrogen-bond donors (Lipinski definition) is 5. The van der Waals surface area contributed by atoms with Gasteiger partial charge in [-0.3, -0.25) is 0 Å². The summed E-state index contributed by atoms with van der Waals surface area (Å²) in [5, 5.41) is 49.3. The minimum absolute atomic E-state index is 0.0691. The Bertz CT molecular complexity index is 967. The van der Waals surface area contributed by atoms with Gasteiger partial charge in [-0.15, -0.1) is 0 Å². The molecule has 0 aliphatic rings. The fourth-order valence-electron chi connectivity index (χ4n) is 2.94. The van der Waals surface area contributed by atoms with Crippen molar-refractivity contribution < 1.29 is 25.5 Å². The molecule has 3 aromatic carbocycles. The van der Waals surface area contributed by atoms with Crippen LogP contribution in [0.3, 0.4) is 0 Å². The van der Waals surface area contributed by atoms with Crippen molar-refractivity contribution in [3.05, 3.63) is 76.9 Å². The highest BCUT2D eigenvalue weighted by Crippen LogP contribution is 2.40. The van der Waals surface area contributed by atoms with Crippen molar-refractivity contribution in [3.63, 3.8) is 0 Å².